The summed E-state index contributed by atoms with van der Waals surface area (Å²) in [5, 5.41) is 0.780. The molecule has 0 spiro atoms. The van der Waals surface area contributed by atoms with Crippen LogP contribution in [0.1, 0.15) is 17.5 Å². The molecule has 0 N–H and O–H groups in total. The molecule has 0 saturated carbocycles. The highest BCUT2D eigenvalue weighted by molar-refractivity contribution is 9.09. The molecule has 1 aromatic carbocycles. The van der Waals surface area contributed by atoms with E-state index in [1.54, 1.807) is 0 Å². The molecular weight excluding hydrogens is 250 g/mol. The highest BCUT2D eigenvalue weighted by Crippen LogP contribution is 2.14. The molecule has 0 nitrogen and oxygen atoms in total. The minimum absolute atomic E-state index is 0.270. The van der Waals surface area contributed by atoms with E-state index in [-0.39, 0.29) is 5.56 Å². The van der Waals surface area contributed by atoms with E-state index in [1.807, 2.05) is 0 Å². The van der Waals surface area contributed by atoms with E-state index in [0.717, 1.165) is 11.4 Å². The molecule has 0 fully saturated rings. The summed E-state index contributed by atoms with van der Waals surface area (Å²) < 4.78 is 25.8. The Hall–Kier alpha value is -0.880. The molecule has 0 amide bonds. The van der Waals surface area contributed by atoms with Gasteiger partial charge in [0.15, 0.2) is 11.6 Å². The van der Waals surface area contributed by atoms with Crippen LogP contribution in [0.4, 0.5) is 8.78 Å². The number of alkyl halides is 1. The lowest BCUT2D eigenvalue weighted by atomic mass is 10.1. The number of hydrogen-bond acceptors (Lipinski definition) is 0. The summed E-state index contributed by atoms with van der Waals surface area (Å²) in [6.45, 7) is 1.52. The lowest BCUT2D eigenvalue weighted by Gasteiger charge is -2.00. The minimum Gasteiger partial charge on any atom is -0.204 e. The van der Waals surface area contributed by atoms with Crippen LogP contribution in [0.3, 0.4) is 0 Å². The Morgan fingerprint density at radius 1 is 1.36 bits per heavy atom. The van der Waals surface area contributed by atoms with Crippen molar-refractivity contribution in [1.82, 2.24) is 0 Å². The van der Waals surface area contributed by atoms with Crippen molar-refractivity contribution in [3.8, 4) is 11.8 Å². The van der Waals surface area contributed by atoms with Crippen molar-refractivity contribution in [2.24, 2.45) is 0 Å². The zero-order valence-corrected chi connectivity index (χ0v) is 9.29. The quantitative estimate of drug-likeness (QED) is 0.535. The molecule has 14 heavy (non-hydrogen) atoms. The normalized spacial score (nSPS) is 9.43. The second-order valence-corrected chi connectivity index (χ2v) is 3.57. The summed E-state index contributed by atoms with van der Waals surface area (Å²) in [6, 6.07) is 2.59. The zero-order chi connectivity index (χ0) is 10.6. The molecule has 0 aromatic heterocycles. The van der Waals surface area contributed by atoms with Gasteiger partial charge in [-0.1, -0.05) is 27.8 Å². The first-order valence-corrected chi connectivity index (χ1v) is 5.28. The van der Waals surface area contributed by atoms with Crippen LogP contribution in [0, 0.1) is 30.4 Å². The molecule has 0 atom stereocenters. The van der Waals surface area contributed by atoms with Gasteiger partial charge in [-0.05, 0) is 19.1 Å². The summed E-state index contributed by atoms with van der Waals surface area (Å²) in [5.74, 6) is 4.01. The Labute approximate surface area is 90.5 Å². The molecule has 0 bridgehead atoms. The van der Waals surface area contributed by atoms with Gasteiger partial charge in [0.1, 0.15) is 0 Å². The van der Waals surface area contributed by atoms with Gasteiger partial charge in [-0.15, -0.1) is 0 Å². The largest absolute Gasteiger partial charge is 0.204 e. The van der Waals surface area contributed by atoms with E-state index in [4.69, 9.17) is 0 Å². The van der Waals surface area contributed by atoms with Gasteiger partial charge in [0, 0.05) is 22.9 Å². The van der Waals surface area contributed by atoms with Crippen LogP contribution in [-0.2, 0) is 0 Å². The second-order valence-electron chi connectivity index (χ2n) is 2.77. The van der Waals surface area contributed by atoms with E-state index in [9.17, 15) is 8.78 Å². The number of halogens is 3. The summed E-state index contributed by atoms with van der Waals surface area (Å²) >= 11 is 3.23. The second kappa shape index (κ2) is 5.11. The minimum atomic E-state index is -0.825. The van der Waals surface area contributed by atoms with E-state index < -0.39 is 11.6 Å². The van der Waals surface area contributed by atoms with Crippen molar-refractivity contribution in [2.45, 2.75) is 13.3 Å². The van der Waals surface area contributed by atoms with Gasteiger partial charge in [0.05, 0.1) is 0 Å². The van der Waals surface area contributed by atoms with E-state index >= 15 is 0 Å². The van der Waals surface area contributed by atoms with Crippen molar-refractivity contribution in [2.75, 3.05) is 5.33 Å². The van der Waals surface area contributed by atoms with E-state index in [1.165, 1.54) is 13.0 Å². The molecule has 0 unspecified atom stereocenters. The third kappa shape index (κ3) is 2.55. The first kappa shape index (κ1) is 11.2. The molecule has 0 aliphatic carbocycles. The van der Waals surface area contributed by atoms with Crippen LogP contribution in [0.5, 0.6) is 0 Å². The molecule has 0 heterocycles. The average molecular weight is 259 g/mol. The van der Waals surface area contributed by atoms with Crippen LogP contribution < -0.4 is 0 Å². The van der Waals surface area contributed by atoms with Crippen LogP contribution in [0.2, 0.25) is 0 Å². The van der Waals surface area contributed by atoms with Crippen LogP contribution >= 0.6 is 15.9 Å². The van der Waals surface area contributed by atoms with Crippen LogP contribution in [0.25, 0.3) is 0 Å². The SMILES string of the molecule is Cc1c(C#CCCBr)ccc(F)c1F. The molecule has 74 valence electrons. The first-order chi connectivity index (χ1) is 6.66. The smallest absolute Gasteiger partial charge is 0.162 e. The third-order valence-corrected chi connectivity index (χ3v) is 2.18. The van der Waals surface area contributed by atoms with Crippen molar-refractivity contribution in [3.05, 3.63) is 34.9 Å². The lowest BCUT2D eigenvalue weighted by molar-refractivity contribution is 0.502. The molecule has 0 saturated heterocycles. The third-order valence-electron chi connectivity index (χ3n) is 1.78. The van der Waals surface area contributed by atoms with Gasteiger partial charge < -0.3 is 0 Å². The summed E-state index contributed by atoms with van der Waals surface area (Å²) in [5.41, 5.74) is 0.817. The molecule has 0 radical (unpaired) electrons. The highest BCUT2D eigenvalue weighted by atomic mass is 79.9. The van der Waals surface area contributed by atoms with Gasteiger partial charge >= 0.3 is 0 Å². The van der Waals surface area contributed by atoms with E-state index in [0.29, 0.717) is 12.0 Å². The Bertz CT molecular complexity index is 388. The summed E-state index contributed by atoms with van der Waals surface area (Å²) in [7, 11) is 0. The first-order valence-electron chi connectivity index (χ1n) is 4.16. The average Bonchev–Trinajstić information content (AvgIpc) is 2.18. The highest BCUT2D eigenvalue weighted by Gasteiger charge is 2.07. The molecule has 1 aromatic rings. The van der Waals surface area contributed by atoms with Gasteiger partial charge in [0.2, 0.25) is 0 Å². The fourth-order valence-corrected chi connectivity index (χ4v) is 1.19. The van der Waals surface area contributed by atoms with Crippen molar-refractivity contribution < 1.29 is 8.78 Å². The van der Waals surface area contributed by atoms with Crippen LogP contribution in [0.15, 0.2) is 12.1 Å². The predicted octanol–water partition coefficient (Wildman–Crippen LogP) is 3.41. The number of rotatable bonds is 1. The molecule has 1 rings (SSSR count). The van der Waals surface area contributed by atoms with Gasteiger partial charge in [-0.25, -0.2) is 8.78 Å². The lowest BCUT2D eigenvalue weighted by Crippen LogP contribution is -1.92. The fraction of sp³-hybridized carbons (Fsp3) is 0.273. The molecule has 0 aliphatic heterocycles. The van der Waals surface area contributed by atoms with Crippen molar-refractivity contribution >= 4 is 15.9 Å². The maximum absolute atomic E-state index is 13.0. The molecule has 3 heteroatoms. The standard InChI is InChI=1S/C11H9BrF2/c1-8-9(4-2-3-7-12)5-6-10(13)11(8)14/h5-6H,3,7H2,1H3. The van der Waals surface area contributed by atoms with Gasteiger partial charge in [-0.3, -0.25) is 0 Å². The summed E-state index contributed by atoms with van der Waals surface area (Å²) in [6.07, 6.45) is 0.693. The summed E-state index contributed by atoms with van der Waals surface area (Å²) in [4.78, 5) is 0. The Kier molecular flexibility index (Phi) is 4.09. The Morgan fingerprint density at radius 3 is 2.71 bits per heavy atom. The predicted molar refractivity (Wildman–Crippen MR) is 56.4 cm³/mol. The van der Waals surface area contributed by atoms with Gasteiger partial charge in [0.25, 0.3) is 0 Å². The fourth-order valence-electron chi connectivity index (χ4n) is 0.992. The van der Waals surface area contributed by atoms with Crippen molar-refractivity contribution in [1.29, 1.82) is 0 Å². The number of benzene rings is 1. The molecule has 0 aliphatic rings. The maximum Gasteiger partial charge on any atom is 0.162 e. The Balaban J connectivity index is 3.02. The molecular formula is C11H9BrF2. The monoisotopic (exact) mass is 258 g/mol. The topological polar surface area (TPSA) is 0 Å². The number of hydrogen-bond donors (Lipinski definition) is 0. The zero-order valence-electron chi connectivity index (χ0n) is 7.70. The van der Waals surface area contributed by atoms with Crippen LogP contribution in [-0.4, -0.2) is 5.33 Å². The van der Waals surface area contributed by atoms with Gasteiger partial charge in [-0.2, -0.15) is 0 Å². The van der Waals surface area contributed by atoms with E-state index in [2.05, 4.69) is 27.8 Å². The maximum atomic E-state index is 13.0. The van der Waals surface area contributed by atoms with Crippen molar-refractivity contribution in [3.63, 3.8) is 0 Å². The Morgan fingerprint density at radius 2 is 2.07 bits per heavy atom.